The maximum Gasteiger partial charge on any atom is 0.254 e. The molecule has 1 unspecified atom stereocenters. The van der Waals surface area contributed by atoms with E-state index in [2.05, 4.69) is 16.4 Å². The van der Waals surface area contributed by atoms with Crippen LogP contribution in [-0.2, 0) is 0 Å². The predicted molar refractivity (Wildman–Crippen MR) is 74.8 cm³/mol. The molecule has 0 bridgehead atoms. The Labute approximate surface area is 114 Å². The van der Waals surface area contributed by atoms with Gasteiger partial charge in [-0.05, 0) is 32.9 Å². The van der Waals surface area contributed by atoms with Gasteiger partial charge in [0, 0.05) is 31.4 Å². The zero-order valence-corrected chi connectivity index (χ0v) is 11.7. The van der Waals surface area contributed by atoms with Crippen LogP contribution in [0.25, 0.3) is 0 Å². The first kappa shape index (κ1) is 15.0. The summed E-state index contributed by atoms with van der Waals surface area (Å²) in [5.74, 6) is 0.461. The summed E-state index contributed by atoms with van der Waals surface area (Å²) in [7, 11) is 0. The Kier molecular flexibility index (Phi) is 5.80. The molecule has 1 atom stereocenters. The van der Waals surface area contributed by atoms with E-state index in [1.165, 1.54) is 0 Å². The Morgan fingerprint density at radius 3 is 2.89 bits per heavy atom. The standard InChI is InChI=1S/C14H20N4O/c1-4-16-13-8-12(6-7-17-13)14(19)18(5-2)10-11(3)9-15/h6-8,11H,4-5,10H2,1-3H3,(H,16,17). The topological polar surface area (TPSA) is 69.0 Å². The van der Waals surface area contributed by atoms with E-state index in [9.17, 15) is 4.79 Å². The summed E-state index contributed by atoms with van der Waals surface area (Å²) < 4.78 is 0. The fraction of sp³-hybridized carbons (Fsp3) is 0.500. The monoisotopic (exact) mass is 260 g/mol. The Balaban J connectivity index is 2.85. The molecule has 5 nitrogen and oxygen atoms in total. The number of hydrogen-bond donors (Lipinski definition) is 1. The van der Waals surface area contributed by atoms with E-state index in [4.69, 9.17) is 5.26 Å². The lowest BCUT2D eigenvalue weighted by molar-refractivity contribution is 0.0752. The van der Waals surface area contributed by atoms with Gasteiger partial charge in [0.05, 0.1) is 12.0 Å². The average molecular weight is 260 g/mol. The second-order valence-corrected chi connectivity index (χ2v) is 4.33. The van der Waals surface area contributed by atoms with Crippen molar-refractivity contribution in [2.24, 2.45) is 5.92 Å². The van der Waals surface area contributed by atoms with Gasteiger partial charge in [-0.15, -0.1) is 0 Å². The second kappa shape index (κ2) is 7.37. The molecule has 0 aromatic carbocycles. The van der Waals surface area contributed by atoms with Gasteiger partial charge in [0.2, 0.25) is 0 Å². The largest absolute Gasteiger partial charge is 0.370 e. The van der Waals surface area contributed by atoms with Crippen LogP contribution in [0.15, 0.2) is 18.3 Å². The quantitative estimate of drug-likeness (QED) is 0.850. The third kappa shape index (κ3) is 4.25. The first-order valence-electron chi connectivity index (χ1n) is 6.51. The van der Waals surface area contributed by atoms with E-state index in [1.807, 2.05) is 20.8 Å². The molecular formula is C14H20N4O. The lowest BCUT2D eigenvalue weighted by Gasteiger charge is -2.22. The molecule has 0 aliphatic rings. The molecule has 1 amide bonds. The van der Waals surface area contributed by atoms with E-state index in [0.29, 0.717) is 24.5 Å². The zero-order valence-electron chi connectivity index (χ0n) is 11.7. The van der Waals surface area contributed by atoms with Crippen molar-refractivity contribution in [2.45, 2.75) is 20.8 Å². The molecule has 0 saturated heterocycles. The Hall–Kier alpha value is -2.09. The fourth-order valence-electron chi connectivity index (χ4n) is 1.75. The number of hydrogen-bond acceptors (Lipinski definition) is 4. The number of nitriles is 1. The smallest absolute Gasteiger partial charge is 0.254 e. The van der Waals surface area contributed by atoms with Gasteiger partial charge < -0.3 is 10.2 Å². The van der Waals surface area contributed by atoms with Gasteiger partial charge in [-0.3, -0.25) is 4.79 Å². The van der Waals surface area contributed by atoms with Gasteiger partial charge >= 0.3 is 0 Å². The molecule has 1 rings (SSSR count). The summed E-state index contributed by atoms with van der Waals surface area (Å²) in [4.78, 5) is 18.2. The second-order valence-electron chi connectivity index (χ2n) is 4.33. The summed E-state index contributed by atoms with van der Waals surface area (Å²) in [6.07, 6.45) is 1.62. The first-order valence-corrected chi connectivity index (χ1v) is 6.51. The Morgan fingerprint density at radius 1 is 1.58 bits per heavy atom. The number of anilines is 1. The molecule has 0 spiro atoms. The van der Waals surface area contributed by atoms with Gasteiger partial charge in [-0.1, -0.05) is 0 Å². The van der Waals surface area contributed by atoms with E-state index in [-0.39, 0.29) is 11.8 Å². The predicted octanol–water partition coefficient (Wildman–Crippen LogP) is 2.14. The van der Waals surface area contributed by atoms with Gasteiger partial charge in [-0.2, -0.15) is 5.26 Å². The number of carbonyl (C=O) groups is 1. The lowest BCUT2D eigenvalue weighted by Crippen LogP contribution is -2.34. The normalized spacial score (nSPS) is 11.5. The summed E-state index contributed by atoms with van der Waals surface area (Å²) in [6, 6.07) is 5.59. The van der Waals surface area contributed by atoms with Crippen molar-refractivity contribution >= 4 is 11.7 Å². The van der Waals surface area contributed by atoms with Crippen molar-refractivity contribution in [3.8, 4) is 6.07 Å². The van der Waals surface area contributed by atoms with Crippen molar-refractivity contribution < 1.29 is 4.79 Å². The van der Waals surface area contributed by atoms with Crippen LogP contribution in [-0.4, -0.2) is 35.4 Å². The molecule has 102 valence electrons. The number of rotatable bonds is 6. The van der Waals surface area contributed by atoms with Crippen LogP contribution in [0, 0.1) is 17.2 Å². The molecule has 0 radical (unpaired) electrons. The third-order valence-corrected chi connectivity index (χ3v) is 2.75. The molecular weight excluding hydrogens is 240 g/mol. The highest BCUT2D eigenvalue weighted by Gasteiger charge is 2.17. The van der Waals surface area contributed by atoms with Crippen LogP contribution in [0.1, 0.15) is 31.1 Å². The number of amides is 1. The highest BCUT2D eigenvalue weighted by atomic mass is 16.2. The molecule has 1 aromatic rings. The molecule has 0 aliphatic carbocycles. The average Bonchev–Trinajstić information content (AvgIpc) is 2.44. The van der Waals surface area contributed by atoms with Crippen LogP contribution in [0.2, 0.25) is 0 Å². The van der Waals surface area contributed by atoms with Crippen LogP contribution < -0.4 is 5.32 Å². The number of nitrogens with one attached hydrogen (secondary N) is 1. The van der Waals surface area contributed by atoms with Crippen LogP contribution >= 0.6 is 0 Å². The van der Waals surface area contributed by atoms with Crippen molar-refractivity contribution in [3.05, 3.63) is 23.9 Å². The fourth-order valence-corrected chi connectivity index (χ4v) is 1.75. The summed E-state index contributed by atoms with van der Waals surface area (Å²) in [6.45, 7) is 7.49. The molecule has 0 saturated carbocycles. The molecule has 19 heavy (non-hydrogen) atoms. The minimum absolute atomic E-state index is 0.0637. The van der Waals surface area contributed by atoms with Gasteiger partial charge in [0.25, 0.3) is 5.91 Å². The molecule has 1 aromatic heterocycles. The molecule has 1 N–H and O–H groups in total. The Bertz CT molecular complexity index is 467. The lowest BCUT2D eigenvalue weighted by atomic mass is 10.1. The SMILES string of the molecule is CCNc1cc(C(=O)N(CC)CC(C)C#N)ccn1. The maximum absolute atomic E-state index is 12.3. The van der Waals surface area contributed by atoms with Crippen LogP contribution in [0.4, 0.5) is 5.82 Å². The van der Waals surface area contributed by atoms with Gasteiger partial charge in [-0.25, -0.2) is 4.98 Å². The summed E-state index contributed by atoms with van der Waals surface area (Å²) >= 11 is 0. The Morgan fingerprint density at radius 2 is 2.32 bits per heavy atom. The van der Waals surface area contributed by atoms with Crippen molar-refractivity contribution in [1.82, 2.24) is 9.88 Å². The molecule has 1 heterocycles. The molecule has 0 fully saturated rings. The number of pyridine rings is 1. The highest BCUT2D eigenvalue weighted by Crippen LogP contribution is 2.11. The number of nitrogens with zero attached hydrogens (tertiary/aromatic N) is 3. The van der Waals surface area contributed by atoms with Gasteiger partial charge in [0.1, 0.15) is 5.82 Å². The van der Waals surface area contributed by atoms with E-state index in [1.54, 1.807) is 23.2 Å². The van der Waals surface area contributed by atoms with Gasteiger partial charge in [0.15, 0.2) is 0 Å². The summed E-state index contributed by atoms with van der Waals surface area (Å²) in [5, 5.41) is 11.9. The van der Waals surface area contributed by atoms with E-state index >= 15 is 0 Å². The molecule has 5 heteroatoms. The number of carbonyl (C=O) groups excluding carboxylic acids is 1. The number of aromatic nitrogens is 1. The van der Waals surface area contributed by atoms with Crippen molar-refractivity contribution in [3.63, 3.8) is 0 Å². The minimum atomic E-state index is -0.168. The maximum atomic E-state index is 12.3. The van der Waals surface area contributed by atoms with E-state index in [0.717, 1.165) is 6.54 Å². The summed E-state index contributed by atoms with van der Waals surface area (Å²) in [5.41, 5.74) is 0.595. The minimum Gasteiger partial charge on any atom is -0.370 e. The highest BCUT2D eigenvalue weighted by molar-refractivity contribution is 5.94. The van der Waals surface area contributed by atoms with Crippen molar-refractivity contribution in [1.29, 1.82) is 5.26 Å². The van der Waals surface area contributed by atoms with Crippen LogP contribution in [0.5, 0.6) is 0 Å². The van der Waals surface area contributed by atoms with Crippen molar-refractivity contribution in [2.75, 3.05) is 25.0 Å². The first-order chi connectivity index (χ1) is 9.12. The van der Waals surface area contributed by atoms with E-state index < -0.39 is 0 Å². The third-order valence-electron chi connectivity index (χ3n) is 2.75. The molecule has 0 aliphatic heterocycles. The van der Waals surface area contributed by atoms with Crippen LogP contribution in [0.3, 0.4) is 0 Å². The zero-order chi connectivity index (χ0) is 14.3.